The summed E-state index contributed by atoms with van der Waals surface area (Å²) < 4.78 is 6.96. The summed E-state index contributed by atoms with van der Waals surface area (Å²) >= 11 is 0. The van der Waals surface area contributed by atoms with Crippen LogP contribution in [0.5, 0.6) is 0 Å². The molecule has 0 fully saturated rings. The quantitative estimate of drug-likeness (QED) is 0.809. The maximum absolute atomic E-state index is 11.1. The first-order valence-electron chi connectivity index (χ1n) is 4.76. The molecule has 5 heteroatoms. The van der Waals surface area contributed by atoms with Crippen LogP contribution in [-0.4, -0.2) is 15.6 Å². The molecule has 16 heavy (non-hydrogen) atoms. The molecule has 0 aliphatic heterocycles. The lowest BCUT2D eigenvalue weighted by Crippen LogP contribution is -2.01. The van der Waals surface area contributed by atoms with Gasteiger partial charge in [-0.1, -0.05) is 0 Å². The van der Waals surface area contributed by atoms with Crippen molar-refractivity contribution >= 4 is 11.7 Å². The van der Waals surface area contributed by atoms with Crippen LogP contribution in [0.25, 0.3) is 11.5 Å². The molecule has 0 saturated carbocycles. The van der Waals surface area contributed by atoms with Crippen molar-refractivity contribution in [2.45, 2.75) is 6.92 Å². The molecule has 0 spiro atoms. The molecule has 2 rings (SSSR count). The molecule has 0 saturated heterocycles. The molecule has 0 bridgehead atoms. The average Bonchev–Trinajstić information content (AvgIpc) is 2.76. The number of anilines is 1. The van der Waals surface area contributed by atoms with Crippen LogP contribution in [0.4, 0.5) is 5.69 Å². The van der Waals surface area contributed by atoms with E-state index >= 15 is 0 Å². The molecular weight excluding hydrogens is 208 g/mol. The van der Waals surface area contributed by atoms with E-state index in [9.17, 15) is 4.79 Å². The lowest BCUT2D eigenvalue weighted by Gasteiger charge is -2.01. The lowest BCUT2D eigenvalue weighted by atomic mass is 10.2. The predicted octanol–water partition coefficient (Wildman–Crippen LogP) is 1.87. The van der Waals surface area contributed by atoms with E-state index in [1.807, 2.05) is 0 Å². The zero-order chi connectivity index (χ0) is 11.9. The molecule has 2 aromatic heterocycles. The van der Waals surface area contributed by atoms with Crippen LogP contribution in [-0.2, 0) is 7.05 Å². The van der Waals surface area contributed by atoms with Crippen LogP contribution in [0, 0.1) is 6.92 Å². The van der Waals surface area contributed by atoms with Crippen molar-refractivity contribution in [2.75, 3.05) is 5.73 Å². The molecule has 0 amide bonds. The fourth-order valence-electron chi connectivity index (χ4n) is 1.81. The lowest BCUT2D eigenvalue weighted by molar-refractivity contribution is 0.0697. The Morgan fingerprint density at radius 1 is 1.56 bits per heavy atom. The van der Waals surface area contributed by atoms with Gasteiger partial charge in [0.05, 0.1) is 12.0 Å². The SMILES string of the molecule is Cc1c(C(=O)O)c(N)c(-c2ccco2)n1C. The Bertz CT molecular complexity index is 538. The molecule has 0 aliphatic carbocycles. The maximum Gasteiger partial charge on any atom is 0.339 e. The van der Waals surface area contributed by atoms with E-state index in [0.717, 1.165) is 0 Å². The Morgan fingerprint density at radius 3 is 2.69 bits per heavy atom. The fraction of sp³-hybridized carbons (Fsp3) is 0.182. The Kier molecular flexibility index (Phi) is 2.23. The van der Waals surface area contributed by atoms with E-state index in [4.69, 9.17) is 15.3 Å². The number of hydrogen-bond donors (Lipinski definition) is 2. The topological polar surface area (TPSA) is 81.4 Å². The number of nitrogens with zero attached hydrogens (tertiary/aromatic N) is 1. The minimum Gasteiger partial charge on any atom is -0.478 e. The molecule has 0 aromatic carbocycles. The number of furan rings is 1. The minimum absolute atomic E-state index is 0.133. The number of hydrogen-bond acceptors (Lipinski definition) is 3. The fourth-order valence-corrected chi connectivity index (χ4v) is 1.81. The van der Waals surface area contributed by atoms with Crippen molar-refractivity contribution < 1.29 is 14.3 Å². The summed E-state index contributed by atoms with van der Waals surface area (Å²) in [5.74, 6) is -0.459. The Morgan fingerprint density at radius 2 is 2.25 bits per heavy atom. The van der Waals surface area contributed by atoms with Crippen molar-refractivity contribution in [2.24, 2.45) is 7.05 Å². The summed E-state index contributed by atoms with van der Waals surface area (Å²) in [5, 5.41) is 9.06. The third-order valence-corrected chi connectivity index (χ3v) is 2.69. The van der Waals surface area contributed by atoms with E-state index in [1.165, 1.54) is 6.26 Å². The van der Waals surface area contributed by atoms with Crippen LogP contribution < -0.4 is 5.73 Å². The number of carboxylic acid groups (broad SMARTS) is 1. The van der Waals surface area contributed by atoms with Crippen LogP contribution in [0.1, 0.15) is 16.1 Å². The van der Waals surface area contributed by atoms with Crippen molar-refractivity contribution in [1.29, 1.82) is 0 Å². The largest absolute Gasteiger partial charge is 0.478 e. The van der Waals surface area contributed by atoms with Gasteiger partial charge in [-0.05, 0) is 19.1 Å². The van der Waals surface area contributed by atoms with Gasteiger partial charge in [0.25, 0.3) is 0 Å². The van der Waals surface area contributed by atoms with E-state index in [1.54, 1.807) is 30.7 Å². The smallest absolute Gasteiger partial charge is 0.339 e. The second-order valence-electron chi connectivity index (χ2n) is 3.56. The highest BCUT2D eigenvalue weighted by Crippen LogP contribution is 2.33. The number of rotatable bonds is 2. The summed E-state index contributed by atoms with van der Waals surface area (Å²) in [6.07, 6.45) is 1.53. The second kappa shape index (κ2) is 3.44. The summed E-state index contributed by atoms with van der Waals surface area (Å²) in [6.45, 7) is 1.71. The first kappa shape index (κ1) is 10.4. The monoisotopic (exact) mass is 220 g/mol. The first-order chi connectivity index (χ1) is 7.54. The Labute approximate surface area is 92.1 Å². The van der Waals surface area contributed by atoms with Crippen LogP contribution in [0.2, 0.25) is 0 Å². The van der Waals surface area contributed by atoms with Gasteiger partial charge in [-0.15, -0.1) is 0 Å². The van der Waals surface area contributed by atoms with E-state index < -0.39 is 5.97 Å². The number of nitrogens with two attached hydrogens (primary N) is 1. The number of carbonyl (C=O) groups is 1. The third-order valence-electron chi connectivity index (χ3n) is 2.69. The maximum atomic E-state index is 11.1. The van der Waals surface area contributed by atoms with Crippen molar-refractivity contribution in [1.82, 2.24) is 4.57 Å². The highest BCUT2D eigenvalue weighted by molar-refractivity contribution is 5.99. The molecule has 2 heterocycles. The van der Waals surface area contributed by atoms with Gasteiger partial charge >= 0.3 is 5.97 Å². The number of nitrogen functional groups attached to an aromatic ring is 1. The zero-order valence-corrected chi connectivity index (χ0v) is 9.02. The molecule has 0 aliphatic rings. The Hall–Kier alpha value is -2.17. The summed E-state index contributed by atoms with van der Waals surface area (Å²) in [4.78, 5) is 11.1. The molecule has 5 nitrogen and oxygen atoms in total. The van der Waals surface area contributed by atoms with E-state index in [2.05, 4.69) is 0 Å². The highest BCUT2D eigenvalue weighted by Gasteiger charge is 2.23. The number of aromatic carboxylic acids is 1. The molecule has 2 aromatic rings. The van der Waals surface area contributed by atoms with Crippen LogP contribution >= 0.6 is 0 Å². The number of carboxylic acids is 1. The molecule has 84 valence electrons. The summed E-state index contributed by atoms with van der Waals surface area (Å²) in [5.41, 5.74) is 7.41. The highest BCUT2D eigenvalue weighted by atomic mass is 16.4. The van der Waals surface area contributed by atoms with Gasteiger partial charge in [0.1, 0.15) is 11.3 Å². The van der Waals surface area contributed by atoms with Crippen molar-refractivity contribution in [3.8, 4) is 11.5 Å². The van der Waals surface area contributed by atoms with Gasteiger partial charge in [0.15, 0.2) is 5.76 Å². The zero-order valence-electron chi connectivity index (χ0n) is 9.02. The minimum atomic E-state index is -1.02. The summed E-state index contributed by atoms with van der Waals surface area (Å²) in [6, 6.07) is 3.48. The second-order valence-corrected chi connectivity index (χ2v) is 3.56. The third kappa shape index (κ3) is 1.29. The van der Waals surface area contributed by atoms with Crippen LogP contribution in [0.15, 0.2) is 22.8 Å². The van der Waals surface area contributed by atoms with Crippen LogP contribution in [0.3, 0.4) is 0 Å². The van der Waals surface area contributed by atoms with Gasteiger partial charge in [0, 0.05) is 12.7 Å². The van der Waals surface area contributed by atoms with E-state index in [0.29, 0.717) is 17.1 Å². The summed E-state index contributed by atoms with van der Waals surface area (Å²) in [7, 11) is 1.76. The molecule has 0 radical (unpaired) electrons. The van der Waals surface area contributed by atoms with Crippen molar-refractivity contribution in [3.05, 3.63) is 29.7 Å². The predicted molar refractivity (Wildman–Crippen MR) is 59.2 cm³/mol. The Balaban J connectivity index is 2.73. The molecule has 0 atom stereocenters. The molecular formula is C11H12N2O3. The number of aromatic nitrogens is 1. The molecule has 3 N–H and O–H groups in total. The standard InChI is InChI=1S/C11H12N2O3/c1-6-8(11(14)15)9(12)10(13(6)2)7-4-3-5-16-7/h3-5H,12H2,1-2H3,(H,14,15). The normalized spacial score (nSPS) is 10.6. The molecule has 0 unspecified atom stereocenters. The van der Waals surface area contributed by atoms with Gasteiger partial charge < -0.3 is 19.8 Å². The van der Waals surface area contributed by atoms with Gasteiger partial charge in [-0.3, -0.25) is 0 Å². The van der Waals surface area contributed by atoms with Gasteiger partial charge in [-0.2, -0.15) is 0 Å². The van der Waals surface area contributed by atoms with E-state index in [-0.39, 0.29) is 11.3 Å². The average molecular weight is 220 g/mol. The van der Waals surface area contributed by atoms with Gasteiger partial charge in [-0.25, -0.2) is 4.79 Å². The van der Waals surface area contributed by atoms with Gasteiger partial charge in [0.2, 0.25) is 0 Å². The van der Waals surface area contributed by atoms with Crippen molar-refractivity contribution in [3.63, 3.8) is 0 Å². The first-order valence-corrected chi connectivity index (χ1v) is 4.76.